The molecule has 0 amide bonds. The predicted octanol–water partition coefficient (Wildman–Crippen LogP) is 2.68. The predicted molar refractivity (Wildman–Crippen MR) is 71.6 cm³/mol. The topological polar surface area (TPSA) is 71.7 Å². The Balaban J connectivity index is 1.66. The Kier molecular flexibility index (Phi) is 3.46. The summed E-state index contributed by atoms with van der Waals surface area (Å²) in [6.07, 6.45) is -3.96. The van der Waals surface area contributed by atoms with Crippen molar-refractivity contribution in [2.75, 3.05) is 0 Å². The van der Waals surface area contributed by atoms with Crippen molar-refractivity contribution in [3.8, 4) is 11.8 Å². The summed E-state index contributed by atoms with van der Waals surface area (Å²) in [6, 6.07) is 6.93. The molecular weight excluding hydrogens is 315 g/mol. The van der Waals surface area contributed by atoms with Crippen molar-refractivity contribution >= 4 is 5.97 Å². The molecule has 0 aliphatic heterocycles. The van der Waals surface area contributed by atoms with E-state index in [4.69, 9.17) is 4.84 Å². The van der Waals surface area contributed by atoms with Gasteiger partial charge in [0.2, 0.25) is 11.8 Å². The Bertz CT molecular complexity index is 717. The lowest BCUT2D eigenvalue weighted by atomic mass is 10.1. The van der Waals surface area contributed by atoms with Crippen LogP contribution in [0.25, 0.3) is 0 Å². The molecule has 0 spiro atoms. The minimum atomic E-state index is -4.40. The van der Waals surface area contributed by atoms with Gasteiger partial charge in [0.25, 0.3) is 0 Å². The van der Waals surface area contributed by atoms with Crippen LogP contribution in [0.4, 0.5) is 13.2 Å². The van der Waals surface area contributed by atoms with Gasteiger partial charge in [-0.2, -0.15) is 13.2 Å². The summed E-state index contributed by atoms with van der Waals surface area (Å²) in [7, 11) is 0. The van der Waals surface area contributed by atoms with E-state index in [9.17, 15) is 28.2 Å². The molecule has 1 aromatic heterocycles. The Morgan fingerprint density at radius 1 is 1.09 bits per heavy atom. The summed E-state index contributed by atoms with van der Waals surface area (Å²) in [4.78, 5) is 16.8. The zero-order chi connectivity index (χ0) is 16.8. The Labute approximate surface area is 128 Å². The van der Waals surface area contributed by atoms with E-state index in [1.54, 1.807) is 0 Å². The maximum absolute atomic E-state index is 12.5. The fraction of sp³-hybridized carbons (Fsp3) is 0.267. The van der Waals surface area contributed by atoms with Crippen LogP contribution in [0, 0.1) is 5.92 Å². The van der Waals surface area contributed by atoms with Crippen LogP contribution in [0.1, 0.15) is 23.5 Å². The summed E-state index contributed by atoms with van der Waals surface area (Å²) in [5.74, 6) is -2.28. The van der Waals surface area contributed by atoms with Gasteiger partial charge in [0, 0.05) is 12.1 Å². The second-order valence-corrected chi connectivity index (χ2v) is 5.32. The number of aromatic hydroxyl groups is 2. The summed E-state index contributed by atoms with van der Waals surface area (Å²) in [5.41, 5.74) is -0.135. The molecule has 2 N–H and O–H groups in total. The fourth-order valence-electron chi connectivity index (χ4n) is 2.40. The van der Waals surface area contributed by atoms with Gasteiger partial charge in [-0.1, -0.05) is 12.1 Å². The Morgan fingerprint density at radius 3 is 2.17 bits per heavy atom. The van der Waals surface area contributed by atoms with Crippen molar-refractivity contribution < 1.29 is 33.0 Å². The maximum Gasteiger partial charge on any atom is 0.416 e. The van der Waals surface area contributed by atoms with Gasteiger partial charge in [0.1, 0.15) is 0 Å². The minimum Gasteiger partial charge on any atom is -0.492 e. The lowest BCUT2D eigenvalue weighted by Crippen LogP contribution is -2.21. The van der Waals surface area contributed by atoms with Gasteiger partial charge in [-0.05, 0) is 30.0 Å². The van der Waals surface area contributed by atoms with Crippen LogP contribution in [0.3, 0.4) is 0 Å². The SMILES string of the molecule is O=C(On1c(O)ccc1O)C1CC1c1ccc(C(F)(F)F)cc1. The van der Waals surface area contributed by atoms with Gasteiger partial charge < -0.3 is 15.1 Å². The second-order valence-electron chi connectivity index (χ2n) is 5.32. The van der Waals surface area contributed by atoms with Gasteiger partial charge in [0.05, 0.1) is 11.5 Å². The molecule has 23 heavy (non-hydrogen) atoms. The highest BCUT2D eigenvalue weighted by Gasteiger charge is 2.46. The third kappa shape index (κ3) is 2.96. The molecule has 122 valence electrons. The molecule has 1 saturated carbocycles. The standard InChI is InChI=1S/C15H12F3NO4/c16-15(17,18)9-3-1-8(2-4-9)10-7-11(10)14(22)23-19-12(20)5-6-13(19)21/h1-6,10-11,20-21H,7H2. The van der Waals surface area contributed by atoms with Gasteiger partial charge in [-0.15, -0.1) is 4.73 Å². The molecule has 2 atom stereocenters. The van der Waals surface area contributed by atoms with E-state index in [0.29, 0.717) is 16.7 Å². The van der Waals surface area contributed by atoms with Crippen molar-refractivity contribution in [2.45, 2.75) is 18.5 Å². The first-order valence-electron chi connectivity index (χ1n) is 6.76. The fourth-order valence-corrected chi connectivity index (χ4v) is 2.40. The van der Waals surface area contributed by atoms with Crippen LogP contribution < -0.4 is 4.84 Å². The number of carbonyl (C=O) groups excluding carboxylic acids is 1. The lowest BCUT2D eigenvalue weighted by molar-refractivity contribution is -0.147. The van der Waals surface area contributed by atoms with E-state index in [2.05, 4.69) is 0 Å². The Morgan fingerprint density at radius 2 is 1.65 bits per heavy atom. The number of nitrogens with zero attached hydrogens (tertiary/aromatic N) is 1. The summed E-state index contributed by atoms with van der Waals surface area (Å²) < 4.78 is 38.1. The minimum absolute atomic E-state index is 0.232. The highest BCUT2D eigenvalue weighted by Crippen LogP contribution is 2.48. The Hall–Kier alpha value is -2.64. The van der Waals surface area contributed by atoms with Crippen LogP contribution in [0.5, 0.6) is 11.8 Å². The first-order valence-corrected chi connectivity index (χ1v) is 6.76. The molecule has 1 aliphatic carbocycles. The quantitative estimate of drug-likeness (QED) is 0.909. The first kappa shape index (κ1) is 15.3. The average Bonchev–Trinajstić information content (AvgIpc) is 3.24. The molecule has 2 aromatic rings. The van der Waals surface area contributed by atoms with Crippen LogP contribution in [0.2, 0.25) is 0 Å². The molecule has 1 aliphatic rings. The molecular formula is C15H12F3NO4. The second kappa shape index (κ2) is 5.22. The summed E-state index contributed by atoms with van der Waals surface area (Å²) >= 11 is 0. The monoisotopic (exact) mass is 327 g/mol. The molecule has 3 rings (SSSR count). The number of benzene rings is 1. The molecule has 8 heteroatoms. The molecule has 2 unspecified atom stereocenters. The number of carbonyl (C=O) groups is 1. The van der Waals surface area contributed by atoms with E-state index in [1.165, 1.54) is 12.1 Å². The summed E-state index contributed by atoms with van der Waals surface area (Å²) in [5, 5.41) is 18.8. The molecule has 1 heterocycles. The van der Waals surface area contributed by atoms with Gasteiger partial charge in [-0.3, -0.25) is 0 Å². The molecule has 1 fully saturated rings. The smallest absolute Gasteiger partial charge is 0.416 e. The van der Waals surface area contributed by atoms with Gasteiger partial charge >= 0.3 is 12.1 Å². The van der Waals surface area contributed by atoms with Gasteiger partial charge in [0.15, 0.2) is 0 Å². The van der Waals surface area contributed by atoms with Gasteiger partial charge in [-0.25, -0.2) is 4.79 Å². The third-order valence-electron chi connectivity index (χ3n) is 3.74. The van der Waals surface area contributed by atoms with E-state index in [-0.39, 0.29) is 5.92 Å². The highest BCUT2D eigenvalue weighted by molar-refractivity contribution is 5.77. The van der Waals surface area contributed by atoms with E-state index < -0.39 is 35.4 Å². The van der Waals surface area contributed by atoms with Crippen LogP contribution >= 0.6 is 0 Å². The third-order valence-corrected chi connectivity index (χ3v) is 3.74. The number of halogens is 3. The molecule has 5 nitrogen and oxygen atoms in total. The van der Waals surface area contributed by atoms with Crippen LogP contribution in [-0.2, 0) is 11.0 Å². The molecule has 1 aromatic carbocycles. The van der Waals surface area contributed by atoms with Crippen molar-refractivity contribution in [1.29, 1.82) is 0 Å². The molecule has 0 radical (unpaired) electrons. The molecule has 0 saturated heterocycles. The van der Waals surface area contributed by atoms with Crippen molar-refractivity contribution in [2.24, 2.45) is 5.92 Å². The summed E-state index contributed by atoms with van der Waals surface area (Å²) in [6.45, 7) is 0. The number of hydrogen-bond donors (Lipinski definition) is 2. The number of aromatic nitrogens is 1. The number of rotatable bonds is 3. The van der Waals surface area contributed by atoms with Crippen molar-refractivity contribution in [3.63, 3.8) is 0 Å². The lowest BCUT2D eigenvalue weighted by Gasteiger charge is -2.08. The molecule has 0 bridgehead atoms. The van der Waals surface area contributed by atoms with E-state index in [0.717, 1.165) is 24.3 Å². The van der Waals surface area contributed by atoms with E-state index in [1.807, 2.05) is 0 Å². The largest absolute Gasteiger partial charge is 0.492 e. The number of alkyl halides is 3. The average molecular weight is 327 g/mol. The number of hydrogen-bond acceptors (Lipinski definition) is 4. The van der Waals surface area contributed by atoms with E-state index >= 15 is 0 Å². The van der Waals surface area contributed by atoms with Crippen LogP contribution in [-0.4, -0.2) is 20.9 Å². The van der Waals surface area contributed by atoms with Crippen LogP contribution in [0.15, 0.2) is 36.4 Å². The highest BCUT2D eigenvalue weighted by atomic mass is 19.4. The first-order chi connectivity index (χ1) is 10.8. The zero-order valence-corrected chi connectivity index (χ0v) is 11.6. The van der Waals surface area contributed by atoms with Crippen molar-refractivity contribution in [3.05, 3.63) is 47.5 Å². The normalized spacial score (nSPS) is 20.3. The zero-order valence-electron chi connectivity index (χ0n) is 11.6. The van der Waals surface area contributed by atoms with Crippen molar-refractivity contribution in [1.82, 2.24) is 4.73 Å². The maximum atomic E-state index is 12.5.